The highest BCUT2D eigenvalue weighted by Crippen LogP contribution is 2.17. The molecule has 0 aliphatic heterocycles. The lowest BCUT2D eigenvalue weighted by Gasteiger charge is -2.11. The molecule has 3 aromatic rings. The average molecular weight is 352 g/mol. The Bertz CT molecular complexity index is 938. The van der Waals surface area contributed by atoms with Gasteiger partial charge in [-0.15, -0.1) is 0 Å². The molecule has 1 aliphatic carbocycles. The van der Waals surface area contributed by atoms with E-state index in [0.29, 0.717) is 11.3 Å². The summed E-state index contributed by atoms with van der Waals surface area (Å²) in [5.74, 6) is -0.293. The standard InChI is InChI=1S/C18H20N6O2/c25-17(22-13-3-1-2-4-13)10-24-9-14(8-21-24)23-18(26)12-5-6-15-16(7-12)20-11-19-15/h5-9,11,13H,1-4,10H2,(H,19,20)(H,22,25)(H,23,26). The second kappa shape index (κ2) is 6.99. The molecule has 2 amide bonds. The number of benzene rings is 1. The minimum absolute atomic E-state index is 0.0532. The van der Waals surface area contributed by atoms with Crippen LogP contribution >= 0.6 is 0 Å². The molecule has 0 saturated heterocycles. The lowest BCUT2D eigenvalue weighted by Crippen LogP contribution is -2.35. The zero-order valence-corrected chi connectivity index (χ0v) is 14.2. The fourth-order valence-corrected chi connectivity index (χ4v) is 3.29. The summed E-state index contributed by atoms with van der Waals surface area (Å²) in [7, 11) is 0. The molecule has 1 saturated carbocycles. The smallest absolute Gasteiger partial charge is 0.255 e. The summed E-state index contributed by atoms with van der Waals surface area (Å²) in [6, 6.07) is 5.54. The molecule has 0 unspecified atom stereocenters. The number of nitrogens with one attached hydrogen (secondary N) is 3. The predicted molar refractivity (Wildman–Crippen MR) is 96.7 cm³/mol. The summed E-state index contributed by atoms with van der Waals surface area (Å²) in [6.45, 7) is 0.145. The number of nitrogens with zero attached hydrogens (tertiary/aromatic N) is 3. The molecule has 26 heavy (non-hydrogen) atoms. The molecule has 8 heteroatoms. The molecule has 0 bridgehead atoms. The first-order valence-corrected chi connectivity index (χ1v) is 8.74. The second-order valence-electron chi connectivity index (χ2n) is 6.56. The van der Waals surface area contributed by atoms with E-state index in [1.54, 1.807) is 30.7 Å². The van der Waals surface area contributed by atoms with Crippen molar-refractivity contribution in [3.8, 4) is 0 Å². The molecule has 4 rings (SSSR count). The van der Waals surface area contributed by atoms with Crippen molar-refractivity contribution in [1.82, 2.24) is 25.1 Å². The quantitative estimate of drug-likeness (QED) is 0.654. The molecule has 1 aliphatic rings. The molecule has 2 aromatic heterocycles. The third-order valence-corrected chi connectivity index (χ3v) is 4.60. The van der Waals surface area contributed by atoms with Gasteiger partial charge in [-0.05, 0) is 31.0 Å². The number of aromatic amines is 1. The summed E-state index contributed by atoms with van der Waals surface area (Å²) in [5.41, 5.74) is 2.68. The maximum Gasteiger partial charge on any atom is 0.255 e. The van der Waals surface area contributed by atoms with Crippen LogP contribution in [0, 0.1) is 0 Å². The van der Waals surface area contributed by atoms with Gasteiger partial charge >= 0.3 is 0 Å². The van der Waals surface area contributed by atoms with E-state index in [9.17, 15) is 9.59 Å². The van der Waals surface area contributed by atoms with Crippen molar-refractivity contribution in [2.24, 2.45) is 0 Å². The number of rotatable bonds is 5. The van der Waals surface area contributed by atoms with Gasteiger partial charge < -0.3 is 15.6 Å². The number of H-pyrrole nitrogens is 1. The number of anilines is 1. The molecule has 1 fully saturated rings. The molecular weight excluding hydrogens is 332 g/mol. The number of aromatic nitrogens is 4. The van der Waals surface area contributed by atoms with Gasteiger partial charge in [-0.25, -0.2) is 4.98 Å². The van der Waals surface area contributed by atoms with E-state index >= 15 is 0 Å². The zero-order chi connectivity index (χ0) is 17.9. The van der Waals surface area contributed by atoms with E-state index in [1.807, 2.05) is 0 Å². The highest BCUT2D eigenvalue weighted by atomic mass is 16.2. The van der Waals surface area contributed by atoms with E-state index in [4.69, 9.17) is 0 Å². The Morgan fingerprint density at radius 3 is 2.96 bits per heavy atom. The van der Waals surface area contributed by atoms with Gasteiger partial charge in [0.15, 0.2) is 0 Å². The largest absolute Gasteiger partial charge is 0.352 e. The van der Waals surface area contributed by atoms with Crippen molar-refractivity contribution in [3.05, 3.63) is 42.5 Å². The number of hydrogen-bond acceptors (Lipinski definition) is 4. The van der Waals surface area contributed by atoms with Crippen LogP contribution in [0.4, 0.5) is 5.69 Å². The normalized spacial score (nSPS) is 14.6. The Kier molecular flexibility index (Phi) is 4.39. The monoisotopic (exact) mass is 352 g/mol. The topological polar surface area (TPSA) is 105 Å². The van der Waals surface area contributed by atoms with Gasteiger partial charge in [-0.2, -0.15) is 5.10 Å². The first-order valence-electron chi connectivity index (χ1n) is 8.74. The molecule has 8 nitrogen and oxygen atoms in total. The van der Waals surface area contributed by atoms with E-state index in [1.165, 1.54) is 23.7 Å². The lowest BCUT2D eigenvalue weighted by atomic mass is 10.2. The molecule has 2 heterocycles. The van der Waals surface area contributed by atoms with Crippen molar-refractivity contribution in [2.75, 3.05) is 5.32 Å². The number of fused-ring (bicyclic) bond motifs is 1. The van der Waals surface area contributed by atoms with Crippen LogP contribution in [0.15, 0.2) is 36.9 Å². The Labute approximate surface area is 150 Å². The van der Waals surface area contributed by atoms with Crippen molar-refractivity contribution < 1.29 is 9.59 Å². The van der Waals surface area contributed by atoms with Crippen LogP contribution in [0.5, 0.6) is 0 Å². The van der Waals surface area contributed by atoms with Crippen LogP contribution < -0.4 is 10.6 Å². The first kappa shape index (κ1) is 16.3. The third kappa shape index (κ3) is 3.58. The van der Waals surface area contributed by atoms with Crippen molar-refractivity contribution >= 4 is 28.5 Å². The molecule has 3 N–H and O–H groups in total. The van der Waals surface area contributed by atoms with E-state index in [2.05, 4.69) is 25.7 Å². The number of carbonyl (C=O) groups excluding carboxylic acids is 2. The van der Waals surface area contributed by atoms with Crippen LogP contribution in [-0.4, -0.2) is 37.6 Å². The average Bonchev–Trinajstić information content (AvgIpc) is 3.36. The predicted octanol–water partition coefficient (Wildman–Crippen LogP) is 2.07. The van der Waals surface area contributed by atoms with Crippen LogP contribution in [0.2, 0.25) is 0 Å². The third-order valence-electron chi connectivity index (χ3n) is 4.60. The zero-order valence-electron chi connectivity index (χ0n) is 14.2. The summed E-state index contributed by atoms with van der Waals surface area (Å²) in [5, 5.41) is 9.96. The van der Waals surface area contributed by atoms with E-state index in [0.717, 1.165) is 23.9 Å². The molecular formula is C18H20N6O2. The van der Waals surface area contributed by atoms with Crippen LogP contribution in [-0.2, 0) is 11.3 Å². The van der Waals surface area contributed by atoms with Crippen molar-refractivity contribution in [3.63, 3.8) is 0 Å². The van der Waals surface area contributed by atoms with Crippen LogP contribution in [0.25, 0.3) is 11.0 Å². The number of imidazole rings is 1. The molecule has 0 spiro atoms. The van der Waals surface area contributed by atoms with Gasteiger partial charge in [0.25, 0.3) is 5.91 Å². The van der Waals surface area contributed by atoms with E-state index < -0.39 is 0 Å². The van der Waals surface area contributed by atoms with Crippen molar-refractivity contribution in [1.29, 1.82) is 0 Å². The highest BCUT2D eigenvalue weighted by Gasteiger charge is 2.17. The highest BCUT2D eigenvalue weighted by molar-refractivity contribution is 6.05. The fourth-order valence-electron chi connectivity index (χ4n) is 3.29. The van der Waals surface area contributed by atoms with Gasteiger partial charge in [0, 0.05) is 17.8 Å². The lowest BCUT2D eigenvalue weighted by molar-refractivity contribution is -0.122. The number of amides is 2. The summed E-state index contributed by atoms with van der Waals surface area (Å²) < 4.78 is 1.53. The van der Waals surface area contributed by atoms with Gasteiger partial charge in [0.1, 0.15) is 6.54 Å². The summed E-state index contributed by atoms with van der Waals surface area (Å²) in [6.07, 6.45) is 9.23. The number of carbonyl (C=O) groups is 2. The second-order valence-corrected chi connectivity index (χ2v) is 6.56. The summed E-state index contributed by atoms with van der Waals surface area (Å²) in [4.78, 5) is 31.5. The fraction of sp³-hybridized carbons (Fsp3) is 0.333. The maximum atomic E-state index is 12.4. The van der Waals surface area contributed by atoms with Crippen LogP contribution in [0.3, 0.4) is 0 Å². The Hall–Kier alpha value is -3.16. The maximum absolute atomic E-state index is 12.4. The summed E-state index contributed by atoms with van der Waals surface area (Å²) >= 11 is 0. The Balaban J connectivity index is 1.36. The molecule has 0 radical (unpaired) electrons. The molecule has 134 valence electrons. The van der Waals surface area contributed by atoms with Gasteiger partial charge in [0.2, 0.25) is 5.91 Å². The van der Waals surface area contributed by atoms with Gasteiger partial charge in [-0.3, -0.25) is 14.3 Å². The Morgan fingerprint density at radius 1 is 1.27 bits per heavy atom. The Morgan fingerprint density at radius 2 is 2.12 bits per heavy atom. The van der Waals surface area contributed by atoms with Crippen molar-refractivity contribution in [2.45, 2.75) is 38.3 Å². The minimum Gasteiger partial charge on any atom is -0.352 e. The van der Waals surface area contributed by atoms with Crippen LogP contribution in [0.1, 0.15) is 36.0 Å². The molecule has 1 aromatic carbocycles. The number of hydrogen-bond donors (Lipinski definition) is 3. The SMILES string of the molecule is O=C(Cn1cc(NC(=O)c2ccc3nc[nH]c3c2)cn1)NC1CCCC1. The van der Waals surface area contributed by atoms with Gasteiger partial charge in [0.05, 0.1) is 29.2 Å². The van der Waals surface area contributed by atoms with Gasteiger partial charge in [-0.1, -0.05) is 12.8 Å². The van der Waals surface area contributed by atoms with E-state index in [-0.39, 0.29) is 24.4 Å². The first-order chi connectivity index (χ1) is 12.7. The molecule has 0 atom stereocenters. The minimum atomic E-state index is -0.239.